The van der Waals surface area contributed by atoms with Crippen LogP contribution in [0, 0.1) is 0 Å². The van der Waals surface area contributed by atoms with E-state index < -0.39 is 0 Å². The van der Waals surface area contributed by atoms with Crippen LogP contribution in [0.3, 0.4) is 0 Å². The molecule has 19 heavy (non-hydrogen) atoms. The fourth-order valence-corrected chi connectivity index (χ4v) is 1.82. The number of pyridine rings is 1. The number of nitrogens with one attached hydrogen (secondary N) is 2. The van der Waals surface area contributed by atoms with E-state index in [1.165, 1.54) is 5.69 Å². The molecule has 0 aliphatic rings. The third kappa shape index (κ3) is 3.61. The fourth-order valence-electron chi connectivity index (χ4n) is 1.82. The van der Waals surface area contributed by atoms with Crippen LogP contribution < -0.4 is 15.5 Å². The molecule has 0 aliphatic carbocycles. The van der Waals surface area contributed by atoms with E-state index in [0.29, 0.717) is 0 Å². The SMILES string of the molecule is CCNc1cncc(Nc2ccc(N(C)C)cc2)c1. The van der Waals surface area contributed by atoms with E-state index in [4.69, 9.17) is 0 Å². The topological polar surface area (TPSA) is 40.2 Å². The van der Waals surface area contributed by atoms with Crippen LogP contribution in [0.15, 0.2) is 42.7 Å². The van der Waals surface area contributed by atoms with Gasteiger partial charge in [-0.15, -0.1) is 0 Å². The number of hydrogen-bond donors (Lipinski definition) is 2. The number of aromatic nitrogens is 1. The number of nitrogens with zero attached hydrogens (tertiary/aromatic N) is 2. The molecule has 2 aromatic rings. The summed E-state index contributed by atoms with van der Waals surface area (Å²) in [5.74, 6) is 0. The highest BCUT2D eigenvalue weighted by Crippen LogP contribution is 2.21. The number of rotatable bonds is 5. The van der Waals surface area contributed by atoms with Crippen LogP contribution in [0.4, 0.5) is 22.7 Å². The minimum atomic E-state index is 0.892. The summed E-state index contributed by atoms with van der Waals surface area (Å²) in [6.45, 7) is 2.96. The molecule has 0 fully saturated rings. The normalized spacial score (nSPS) is 10.1. The highest BCUT2D eigenvalue weighted by molar-refractivity contribution is 5.65. The molecule has 4 heteroatoms. The first-order valence-corrected chi connectivity index (χ1v) is 6.42. The summed E-state index contributed by atoms with van der Waals surface area (Å²) in [5, 5.41) is 6.60. The van der Waals surface area contributed by atoms with E-state index in [9.17, 15) is 0 Å². The van der Waals surface area contributed by atoms with Gasteiger partial charge in [-0.1, -0.05) is 0 Å². The van der Waals surface area contributed by atoms with Gasteiger partial charge in [-0.2, -0.15) is 0 Å². The van der Waals surface area contributed by atoms with Crippen LogP contribution in [0.25, 0.3) is 0 Å². The molecule has 4 nitrogen and oxygen atoms in total. The summed E-state index contributed by atoms with van der Waals surface area (Å²) in [6, 6.07) is 10.4. The van der Waals surface area contributed by atoms with Gasteiger partial charge in [0, 0.05) is 32.0 Å². The van der Waals surface area contributed by atoms with Crippen LogP contribution in [0.1, 0.15) is 6.92 Å². The Hall–Kier alpha value is -2.23. The third-order valence-electron chi connectivity index (χ3n) is 2.79. The van der Waals surface area contributed by atoms with Gasteiger partial charge in [0.05, 0.1) is 23.8 Å². The van der Waals surface area contributed by atoms with Crippen LogP contribution in [0.5, 0.6) is 0 Å². The Kier molecular flexibility index (Phi) is 4.23. The van der Waals surface area contributed by atoms with Gasteiger partial charge in [0.15, 0.2) is 0 Å². The molecule has 0 aliphatic heterocycles. The summed E-state index contributed by atoms with van der Waals surface area (Å²) in [6.07, 6.45) is 3.64. The molecule has 2 N–H and O–H groups in total. The second-order valence-corrected chi connectivity index (χ2v) is 4.56. The number of benzene rings is 1. The van der Waals surface area contributed by atoms with Crippen molar-refractivity contribution < 1.29 is 0 Å². The maximum Gasteiger partial charge on any atom is 0.0591 e. The maximum atomic E-state index is 4.21. The molecule has 0 spiro atoms. The van der Waals surface area contributed by atoms with Crippen LogP contribution in [0.2, 0.25) is 0 Å². The molecule has 0 saturated heterocycles. The average molecular weight is 256 g/mol. The van der Waals surface area contributed by atoms with Crippen LogP contribution in [-0.4, -0.2) is 25.6 Å². The van der Waals surface area contributed by atoms with E-state index in [1.807, 2.05) is 26.5 Å². The van der Waals surface area contributed by atoms with E-state index >= 15 is 0 Å². The summed E-state index contributed by atoms with van der Waals surface area (Å²) in [5.41, 5.74) is 4.25. The first kappa shape index (κ1) is 13.2. The predicted octanol–water partition coefficient (Wildman–Crippen LogP) is 3.32. The van der Waals surface area contributed by atoms with Gasteiger partial charge >= 0.3 is 0 Å². The lowest BCUT2D eigenvalue weighted by atomic mass is 10.2. The molecule has 2 rings (SSSR count). The molecular formula is C15H20N4. The van der Waals surface area contributed by atoms with Crippen molar-refractivity contribution in [1.29, 1.82) is 0 Å². The lowest BCUT2D eigenvalue weighted by Gasteiger charge is -2.13. The molecule has 100 valence electrons. The maximum absolute atomic E-state index is 4.21. The zero-order chi connectivity index (χ0) is 13.7. The number of hydrogen-bond acceptors (Lipinski definition) is 4. The second kappa shape index (κ2) is 6.09. The van der Waals surface area contributed by atoms with Crippen molar-refractivity contribution in [2.75, 3.05) is 36.2 Å². The van der Waals surface area contributed by atoms with Crippen molar-refractivity contribution in [3.8, 4) is 0 Å². The lowest BCUT2D eigenvalue weighted by molar-refractivity contribution is 1.13. The first-order chi connectivity index (χ1) is 9.19. The molecule has 1 aromatic carbocycles. The molecule has 1 aromatic heterocycles. The second-order valence-electron chi connectivity index (χ2n) is 4.56. The Morgan fingerprint density at radius 1 is 1.00 bits per heavy atom. The van der Waals surface area contributed by atoms with E-state index in [2.05, 4.69) is 57.8 Å². The van der Waals surface area contributed by atoms with Crippen molar-refractivity contribution in [1.82, 2.24) is 4.98 Å². The lowest BCUT2D eigenvalue weighted by Crippen LogP contribution is -2.08. The van der Waals surface area contributed by atoms with Gasteiger partial charge in [0.25, 0.3) is 0 Å². The molecule has 1 heterocycles. The van der Waals surface area contributed by atoms with Gasteiger partial charge in [-0.25, -0.2) is 0 Å². The summed E-state index contributed by atoms with van der Waals surface area (Å²) in [7, 11) is 4.07. The van der Waals surface area contributed by atoms with Crippen molar-refractivity contribution >= 4 is 22.7 Å². The largest absolute Gasteiger partial charge is 0.384 e. The predicted molar refractivity (Wildman–Crippen MR) is 82.5 cm³/mol. The van der Waals surface area contributed by atoms with E-state index in [1.54, 1.807) is 0 Å². The van der Waals surface area contributed by atoms with E-state index in [0.717, 1.165) is 23.6 Å². The molecule has 0 atom stereocenters. The van der Waals surface area contributed by atoms with Gasteiger partial charge in [-0.3, -0.25) is 4.98 Å². The van der Waals surface area contributed by atoms with Gasteiger partial charge in [-0.05, 0) is 37.3 Å². The molecule has 0 saturated carbocycles. The molecule has 0 bridgehead atoms. The Bertz CT molecular complexity index is 520. The zero-order valence-electron chi connectivity index (χ0n) is 11.6. The molecule has 0 amide bonds. The highest BCUT2D eigenvalue weighted by atomic mass is 15.1. The van der Waals surface area contributed by atoms with Crippen molar-refractivity contribution in [3.63, 3.8) is 0 Å². The first-order valence-electron chi connectivity index (χ1n) is 6.42. The Morgan fingerprint density at radius 2 is 1.68 bits per heavy atom. The van der Waals surface area contributed by atoms with Gasteiger partial charge in [0.1, 0.15) is 0 Å². The third-order valence-corrected chi connectivity index (χ3v) is 2.79. The Morgan fingerprint density at radius 3 is 2.32 bits per heavy atom. The highest BCUT2D eigenvalue weighted by Gasteiger charge is 1.99. The van der Waals surface area contributed by atoms with Gasteiger partial charge < -0.3 is 15.5 Å². The Balaban J connectivity index is 2.10. The van der Waals surface area contributed by atoms with Crippen molar-refractivity contribution in [2.24, 2.45) is 0 Å². The average Bonchev–Trinajstić information content (AvgIpc) is 2.40. The molecular weight excluding hydrogens is 236 g/mol. The van der Waals surface area contributed by atoms with Crippen molar-refractivity contribution in [3.05, 3.63) is 42.7 Å². The van der Waals surface area contributed by atoms with E-state index in [-0.39, 0.29) is 0 Å². The minimum absolute atomic E-state index is 0.892. The summed E-state index contributed by atoms with van der Waals surface area (Å²) >= 11 is 0. The smallest absolute Gasteiger partial charge is 0.0591 e. The molecule has 0 unspecified atom stereocenters. The Labute approximate surface area is 114 Å². The van der Waals surface area contributed by atoms with Crippen LogP contribution >= 0.6 is 0 Å². The van der Waals surface area contributed by atoms with Crippen molar-refractivity contribution in [2.45, 2.75) is 6.92 Å². The quantitative estimate of drug-likeness (QED) is 0.861. The number of anilines is 4. The standard InChI is InChI=1S/C15H20N4/c1-4-17-13-9-14(11-16-10-13)18-12-5-7-15(8-6-12)19(2)3/h5-11,17-18H,4H2,1-3H3. The molecule has 0 radical (unpaired) electrons. The zero-order valence-corrected chi connectivity index (χ0v) is 11.6. The van der Waals surface area contributed by atoms with Crippen LogP contribution in [-0.2, 0) is 0 Å². The summed E-state index contributed by atoms with van der Waals surface area (Å²) in [4.78, 5) is 6.29. The van der Waals surface area contributed by atoms with Gasteiger partial charge in [0.2, 0.25) is 0 Å². The summed E-state index contributed by atoms with van der Waals surface area (Å²) < 4.78 is 0. The monoisotopic (exact) mass is 256 g/mol. The minimum Gasteiger partial charge on any atom is -0.384 e. The fraction of sp³-hybridized carbons (Fsp3) is 0.267.